The molecule has 0 fully saturated rings. The average Bonchev–Trinajstić information content (AvgIpc) is 2.53. The Kier molecular flexibility index (Phi) is 4.04. The molecule has 3 nitrogen and oxygen atoms in total. The van der Waals surface area contributed by atoms with E-state index >= 15 is 0 Å². The summed E-state index contributed by atoms with van der Waals surface area (Å²) < 4.78 is 11.0. The Morgan fingerprint density at radius 1 is 1.14 bits per heavy atom. The third kappa shape index (κ3) is 2.59. The minimum atomic E-state index is 0.132. The standard InChI is InChI=1S/C17H18ClNO2/c1-20-15-7-6-13-14(17(15)21-2)8-9-19-16(13)11-4-3-5-12(18)10-11/h3-7,10,16,19H,8-9H2,1-2H3. The van der Waals surface area contributed by atoms with Gasteiger partial charge in [0.2, 0.25) is 0 Å². The molecule has 3 rings (SSSR count). The van der Waals surface area contributed by atoms with E-state index in [1.165, 1.54) is 11.1 Å². The van der Waals surface area contributed by atoms with Crippen molar-refractivity contribution in [3.8, 4) is 11.5 Å². The quantitative estimate of drug-likeness (QED) is 0.940. The molecular formula is C17H18ClNO2. The summed E-state index contributed by atoms with van der Waals surface area (Å²) in [6.07, 6.45) is 0.923. The van der Waals surface area contributed by atoms with E-state index in [1.807, 2.05) is 24.3 Å². The summed E-state index contributed by atoms with van der Waals surface area (Å²) in [5.41, 5.74) is 3.59. The van der Waals surface area contributed by atoms with Crippen molar-refractivity contribution >= 4 is 11.6 Å². The largest absolute Gasteiger partial charge is 0.493 e. The van der Waals surface area contributed by atoms with Crippen LogP contribution in [0.15, 0.2) is 36.4 Å². The van der Waals surface area contributed by atoms with E-state index in [0.717, 1.165) is 35.1 Å². The van der Waals surface area contributed by atoms with Gasteiger partial charge in [-0.3, -0.25) is 0 Å². The zero-order chi connectivity index (χ0) is 14.8. The highest BCUT2D eigenvalue weighted by atomic mass is 35.5. The van der Waals surface area contributed by atoms with Crippen LogP contribution in [0.5, 0.6) is 11.5 Å². The van der Waals surface area contributed by atoms with E-state index in [4.69, 9.17) is 21.1 Å². The number of benzene rings is 2. The van der Waals surface area contributed by atoms with Gasteiger partial charge in [0.15, 0.2) is 11.5 Å². The number of ether oxygens (including phenoxy) is 2. The fraction of sp³-hybridized carbons (Fsp3) is 0.294. The first-order chi connectivity index (χ1) is 10.2. The van der Waals surface area contributed by atoms with Gasteiger partial charge < -0.3 is 14.8 Å². The molecule has 2 aromatic carbocycles. The van der Waals surface area contributed by atoms with Gasteiger partial charge in [-0.1, -0.05) is 29.8 Å². The highest BCUT2D eigenvalue weighted by molar-refractivity contribution is 6.30. The van der Waals surface area contributed by atoms with Crippen molar-refractivity contribution in [1.82, 2.24) is 5.32 Å². The number of nitrogens with one attached hydrogen (secondary N) is 1. The van der Waals surface area contributed by atoms with Crippen molar-refractivity contribution in [2.24, 2.45) is 0 Å². The van der Waals surface area contributed by atoms with Crippen LogP contribution in [0, 0.1) is 0 Å². The molecule has 2 aromatic rings. The minimum absolute atomic E-state index is 0.132. The first-order valence-electron chi connectivity index (χ1n) is 6.97. The van der Waals surface area contributed by atoms with E-state index in [9.17, 15) is 0 Å². The van der Waals surface area contributed by atoms with Crippen LogP contribution in [0.2, 0.25) is 5.02 Å². The lowest BCUT2D eigenvalue weighted by Gasteiger charge is -2.29. The molecule has 1 aliphatic rings. The predicted octanol–water partition coefficient (Wildman–Crippen LogP) is 3.59. The Morgan fingerprint density at radius 3 is 2.71 bits per heavy atom. The van der Waals surface area contributed by atoms with Crippen LogP contribution in [-0.4, -0.2) is 20.8 Å². The number of rotatable bonds is 3. The fourth-order valence-corrected chi connectivity index (χ4v) is 3.17. The van der Waals surface area contributed by atoms with Crippen molar-refractivity contribution in [2.75, 3.05) is 20.8 Å². The van der Waals surface area contributed by atoms with Crippen molar-refractivity contribution in [3.05, 3.63) is 58.1 Å². The zero-order valence-electron chi connectivity index (χ0n) is 12.2. The Labute approximate surface area is 129 Å². The second-order valence-corrected chi connectivity index (χ2v) is 5.50. The van der Waals surface area contributed by atoms with E-state index < -0.39 is 0 Å². The van der Waals surface area contributed by atoms with Crippen molar-refractivity contribution < 1.29 is 9.47 Å². The van der Waals surface area contributed by atoms with Crippen LogP contribution in [0.4, 0.5) is 0 Å². The highest BCUT2D eigenvalue weighted by Crippen LogP contribution is 2.39. The summed E-state index contributed by atoms with van der Waals surface area (Å²) in [5.74, 6) is 1.62. The number of fused-ring (bicyclic) bond motifs is 1. The van der Waals surface area contributed by atoms with Gasteiger partial charge in [-0.05, 0) is 35.7 Å². The predicted molar refractivity (Wildman–Crippen MR) is 84.5 cm³/mol. The van der Waals surface area contributed by atoms with E-state index in [0.29, 0.717) is 0 Å². The Morgan fingerprint density at radius 2 is 2.00 bits per heavy atom. The monoisotopic (exact) mass is 303 g/mol. The van der Waals surface area contributed by atoms with Gasteiger partial charge >= 0.3 is 0 Å². The molecule has 1 heterocycles. The summed E-state index contributed by atoms with van der Waals surface area (Å²) in [6, 6.07) is 12.2. The first-order valence-corrected chi connectivity index (χ1v) is 7.35. The fourth-order valence-electron chi connectivity index (χ4n) is 2.97. The molecular weight excluding hydrogens is 286 g/mol. The number of methoxy groups -OCH3 is 2. The van der Waals surface area contributed by atoms with E-state index in [1.54, 1.807) is 14.2 Å². The van der Waals surface area contributed by atoms with Crippen molar-refractivity contribution in [2.45, 2.75) is 12.5 Å². The lowest BCUT2D eigenvalue weighted by Crippen LogP contribution is -2.30. The van der Waals surface area contributed by atoms with Gasteiger partial charge in [0, 0.05) is 17.1 Å². The second-order valence-electron chi connectivity index (χ2n) is 5.06. The normalized spacial score (nSPS) is 17.2. The molecule has 1 unspecified atom stereocenters. The van der Waals surface area contributed by atoms with Crippen LogP contribution in [0.1, 0.15) is 22.7 Å². The molecule has 110 valence electrons. The number of halogens is 1. The summed E-state index contributed by atoms with van der Waals surface area (Å²) in [5, 5.41) is 4.30. The molecule has 0 spiro atoms. The van der Waals surface area contributed by atoms with Gasteiger partial charge in [-0.25, -0.2) is 0 Å². The molecule has 21 heavy (non-hydrogen) atoms. The van der Waals surface area contributed by atoms with Gasteiger partial charge in [0.1, 0.15) is 0 Å². The maximum Gasteiger partial charge on any atom is 0.164 e. The first kappa shape index (κ1) is 14.2. The molecule has 0 saturated carbocycles. The van der Waals surface area contributed by atoms with Crippen LogP contribution in [-0.2, 0) is 6.42 Å². The summed E-state index contributed by atoms with van der Waals surface area (Å²) in [6.45, 7) is 0.897. The Hall–Kier alpha value is -1.71. The maximum atomic E-state index is 6.12. The molecule has 0 radical (unpaired) electrons. The smallest absolute Gasteiger partial charge is 0.164 e. The minimum Gasteiger partial charge on any atom is -0.493 e. The zero-order valence-corrected chi connectivity index (χ0v) is 12.9. The molecule has 0 saturated heterocycles. The molecule has 1 aliphatic heterocycles. The summed E-state index contributed by atoms with van der Waals surface area (Å²) in [7, 11) is 3.36. The molecule has 0 aromatic heterocycles. The van der Waals surface area contributed by atoms with Crippen LogP contribution >= 0.6 is 11.6 Å². The Bertz CT molecular complexity index is 657. The van der Waals surface area contributed by atoms with Crippen molar-refractivity contribution in [3.63, 3.8) is 0 Å². The van der Waals surface area contributed by atoms with Crippen molar-refractivity contribution in [1.29, 1.82) is 0 Å². The van der Waals surface area contributed by atoms with Crippen LogP contribution in [0.3, 0.4) is 0 Å². The topological polar surface area (TPSA) is 30.5 Å². The maximum absolute atomic E-state index is 6.12. The van der Waals surface area contributed by atoms with E-state index in [2.05, 4.69) is 17.4 Å². The third-order valence-electron chi connectivity index (χ3n) is 3.90. The van der Waals surface area contributed by atoms with Gasteiger partial charge in [0.05, 0.1) is 20.3 Å². The molecule has 1 N–H and O–H groups in total. The summed E-state index contributed by atoms with van der Waals surface area (Å²) in [4.78, 5) is 0. The van der Waals surface area contributed by atoms with Crippen LogP contribution < -0.4 is 14.8 Å². The summed E-state index contributed by atoms with van der Waals surface area (Å²) >= 11 is 6.12. The van der Waals surface area contributed by atoms with Crippen LogP contribution in [0.25, 0.3) is 0 Å². The average molecular weight is 304 g/mol. The number of hydrogen-bond acceptors (Lipinski definition) is 3. The Balaban J connectivity index is 2.10. The van der Waals surface area contributed by atoms with Gasteiger partial charge in [0.25, 0.3) is 0 Å². The third-order valence-corrected chi connectivity index (χ3v) is 4.14. The van der Waals surface area contributed by atoms with Gasteiger partial charge in [-0.2, -0.15) is 0 Å². The van der Waals surface area contributed by atoms with E-state index in [-0.39, 0.29) is 6.04 Å². The molecule has 1 atom stereocenters. The lowest BCUT2D eigenvalue weighted by molar-refractivity contribution is 0.348. The number of hydrogen-bond donors (Lipinski definition) is 1. The SMILES string of the molecule is COc1ccc2c(c1OC)CCNC2c1cccc(Cl)c1. The molecule has 0 amide bonds. The lowest BCUT2D eigenvalue weighted by atomic mass is 9.89. The molecule has 0 bridgehead atoms. The highest BCUT2D eigenvalue weighted by Gasteiger charge is 2.25. The molecule has 4 heteroatoms. The van der Waals surface area contributed by atoms with Gasteiger partial charge in [-0.15, -0.1) is 0 Å². The molecule has 0 aliphatic carbocycles. The second kappa shape index (κ2) is 5.96.